The van der Waals surface area contributed by atoms with E-state index in [9.17, 15) is 9.18 Å². The number of benzene rings is 1. The summed E-state index contributed by atoms with van der Waals surface area (Å²) in [6, 6.07) is 5.40. The molecule has 0 saturated heterocycles. The fraction of sp³-hybridized carbons (Fsp3) is 0.348. The summed E-state index contributed by atoms with van der Waals surface area (Å²) < 4.78 is 16.7. The lowest BCUT2D eigenvalue weighted by Gasteiger charge is -2.12. The predicted molar refractivity (Wildman–Crippen MR) is 115 cm³/mol. The Morgan fingerprint density at radius 3 is 2.73 bits per heavy atom. The summed E-state index contributed by atoms with van der Waals surface area (Å²) in [5, 5.41) is 10.8. The zero-order chi connectivity index (χ0) is 20.8. The van der Waals surface area contributed by atoms with Gasteiger partial charge >= 0.3 is 0 Å². The number of amides is 1. The quantitative estimate of drug-likeness (QED) is 0.486. The summed E-state index contributed by atoms with van der Waals surface area (Å²) in [5.74, 6) is 0.788. The number of hydrogen-bond donors (Lipinski definition) is 2. The highest BCUT2D eigenvalue weighted by molar-refractivity contribution is 5.97. The number of H-pyrrole nitrogens is 1. The summed E-state index contributed by atoms with van der Waals surface area (Å²) in [4.78, 5) is 16.5. The lowest BCUT2D eigenvalue weighted by molar-refractivity contribution is -0.117. The van der Waals surface area contributed by atoms with E-state index in [1.54, 1.807) is 12.3 Å². The third kappa shape index (κ3) is 3.24. The van der Waals surface area contributed by atoms with Crippen LogP contribution < -0.4 is 5.32 Å². The first-order valence-electron chi connectivity index (χ1n) is 10.6. The first-order chi connectivity index (χ1) is 14.7. The molecule has 1 aromatic carbocycles. The van der Waals surface area contributed by atoms with Crippen molar-refractivity contribution in [3.8, 4) is 11.1 Å². The zero-order valence-corrected chi connectivity index (χ0v) is 17.1. The van der Waals surface area contributed by atoms with Gasteiger partial charge in [0.15, 0.2) is 5.82 Å². The van der Waals surface area contributed by atoms with Gasteiger partial charge in [0, 0.05) is 23.1 Å². The molecule has 2 N–H and O–H groups in total. The number of hydrogen-bond acceptors (Lipinski definition) is 3. The first-order valence-corrected chi connectivity index (χ1v) is 10.6. The van der Waals surface area contributed by atoms with E-state index in [-0.39, 0.29) is 23.6 Å². The Bertz CT molecular complexity index is 1250. The number of carbonyl (C=O) groups is 1. The standard InChI is InChI=1S/C21H18FN5O.C2H6/c22-15-7-16-14(8-23-26-16)19(20(15)11-1-2-11)13-5-6-18-24-17(10-27(18)9-13)25-21(28)12-3-4-12;1-2/h5-12H,1-4H2,(H,23,26)(H,25,28);1-2H3. The van der Waals surface area contributed by atoms with Crippen LogP contribution in [0.15, 0.2) is 36.8 Å². The molecule has 0 spiro atoms. The molecule has 3 heterocycles. The number of carbonyl (C=O) groups excluding carboxylic acids is 1. The maximum atomic E-state index is 14.9. The molecule has 0 bridgehead atoms. The van der Waals surface area contributed by atoms with Crippen LogP contribution in [0.3, 0.4) is 0 Å². The van der Waals surface area contributed by atoms with E-state index in [0.29, 0.717) is 11.3 Å². The molecule has 6 nitrogen and oxygen atoms in total. The van der Waals surface area contributed by atoms with Crippen LogP contribution in [0.2, 0.25) is 0 Å². The number of anilines is 1. The van der Waals surface area contributed by atoms with Crippen molar-refractivity contribution in [3.63, 3.8) is 0 Å². The molecule has 154 valence electrons. The minimum atomic E-state index is -0.183. The molecule has 6 rings (SSSR count). The molecule has 0 aliphatic heterocycles. The van der Waals surface area contributed by atoms with Gasteiger partial charge in [-0.1, -0.05) is 13.8 Å². The van der Waals surface area contributed by atoms with E-state index >= 15 is 0 Å². The molecule has 0 unspecified atom stereocenters. The van der Waals surface area contributed by atoms with Gasteiger partial charge in [-0.05, 0) is 60.9 Å². The highest BCUT2D eigenvalue weighted by atomic mass is 19.1. The van der Waals surface area contributed by atoms with Gasteiger partial charge in [0.05, 0.1) is 17.9 Å². The van der Waals surface area contributed by atoms with Crippen molar-refractivity contribution in [2.75, 3.05) is 5.32 Å². The second kappa shape index (κ2) is 7.23. The maximum Gasteiger partial charge on any atom is 0.228 e. The Morgan fingerprint density at radius 1 is 1.20 bits per heavy atom. The number of imidazole rings is 1. The largest absolute Gasteiger partial charge is 0.309 e. The highest BCUT2D eigenvalue weighted by Gasteiger charge is 2.32. The third-order valence-corrected chi connectivity index (χ3v) is 5.66. The number of aromatic amines is 1. The monoisotopic (exact) mass is 405 g/mol. The van der Waals surface area contributed by atoms with Gasteiger partial charge in [0.2, 0.25) is 5.91 Å². The second-order valence-electron chi connectivity index (χ2n) is 7.83. The molecule has 2 aliphatic carbocycles. The van der Waals surface area contributed by atoms with Crippen molar-refractivity contribution in [1.82, 2.24) is 19.6 Å². The summed E-state index contributed by atoms with van der Waals surface area (Å²) in [6.45, 7) is 4.00. The van der Waals surface area contributed by atoms with Crippen LogP contribution in [0.5, 0.6) is 0 Å². The number of aromatic nitrogens is 4. The Morgan fingerprint density at radius 2 is 2.00 bits per heavy atom. The number of nitrogens with one attached hydrogen (secondary N) is 2. The SMILES string of the molecule is CC.O=C(Nc1cn2cc(-c3c(C4CC4)c(F)cc4[nH]ncc34)ccc2n1)C1CC1. The van der Waals surface area contributed by atoms with E-state index < -0.39 is 0 Å². The fourth-order valence-corrected chi connectivity index (χ4v) is 3.93. The number of rotatable bonds is 4. The normalized spacial score (nSPS) is 15.8. The summed E-state index contributed by atoms with van der Waals surface area (Å²) in [7, 11) is 0. The molecule has 3 aromatic heterocycles. The van der Waals surface area contributed by atoms with Gasteiger partial charge in [-0.15, -0.1) is 0 Å². The summed E-state index contributed by atoms with van der Waals surface area (Å²) >= 11 is 0. The van der Waals surface area contributed by atoms with Gasteiger partial charge < -0.3 is 9.72 Å². The zero-order valence-electron chi connectivity index (χ0n) is 17.1. The number of fused-ring (bicyclic) bond motifs is 2. The van der Waals surface area contributed by atoms with Crippen LogP contribution in [-0.2, 0) is 4.79 Å². The molecule has 2 saturated carbocycles. The van der Waals surface area contributed by atoms with Crippen molar-refractivity contribution < 1.29 is 9.18 Å². The maximum absolute atomic E-state index is 14.9. The van der Waals surface area contributed by atoms with Gasteiger partial charge in [0.1, 0.15) is 11.5 Å². The topological polar surface area (TPSA) is 75.1 Å². The molecule has 0 atom stereocenters. The Balaban J connectivity index is 0.000000937. The van der Waals surface area contributed by atoms with Crippen LogP contribution in [-0.4, -0.2) is 25.5 Å². The van der Waals surface area contributed by atoms with Crippen molar-refractivity contribution >= 4 is 28.3 Å². The Labute approximate surface area is 173 Å². The Kier molecular flexibility index (Phi) is 4.53. The fourth-order valence-electron chi connectivity index (χ4n) is 3.93. The predicted octanol–water partition coefficient (Wildman–Crippen LogP) is 5.27. The lowest BCUT2D eigenvalue weighted by Crippen LogP contribution is -2.13. The minimum Gasteiger partial charge on any atom is -0.309 e. The molecular formula is C23H24FN5O. The molecule has 4 aromatic rings. The average Bonchev–Trinajstić information content (AvgIpc) is 3.68. The van der Waals surface area contributed by atoms with Crippen molar-refractivity contribution in [2.24, 2.45) is 5.92 Å². The van der Waals surface area contributed by atoms with Gasteiger partial charge in [-0.3, -0.25) is 9.89 Å². The Hall–Kier alpha value is -3.22. The first kappa shape index (κ1) is 18.8. The highest BCUT2D eigenvalue weighted by Crippen LogP contribution is 2.48. The van der Waals surface area contributed by atoms with E-state index in [4.69, 9.17) is 0 Å². The molecule has 1 amide bonds. The van der Waals surface area contributed by atoms with E-state index in [1.807, 2.05) is 42.8 Å². The van der Waals surface area contributed by atoms with Gasteiger partial charge in [0.25, 0.3) is 0 Å². The van der Waals surface area contributed by atoms with Crippen LogP contribution >= 0.6 is 0 Å². The second-order valence-corrected chi connectivity index (χ2v) is 7.83. The lowest BCUT2D eigenvalue weighted by atomic mass is 9.94. The summed E-state index contributed by atoms with van der Waals surface area (Å²) in [5.41, 5.74) is 4.02. The van der Waals surface area contributed by atoms with Crippen LogP contribution in [0.25, 0.3) is 27.7 Å². The van der Waals surface area contributed by atoms with Gasteiger partial charge in [-0.25, -0.2) is 9.37 Å². The van der Waals surface area contributed by atoms with E-state index in [1.165, 1.54) is 0 Å². The van der Waals surface area contributed by atoms with Crippen molar-refractivity contribution in [2.45, 2.75) is 45.4 Å². The molecule has 2 fully saturated rings. The molecule has 7 heteroatoms. The molecule has 0 radical (unpaired) electrons. The smallest absolute Gasteiger partial charge is 0.228 e. The number of nitrogens with zero attached hydrogens (tertiary/aromatic N) is 3. The molecular weight excluding hydrogens is 381 g/mol. The number of halogens is 1. The third-order valence-electron chi connectivity index (χ3n) is 5.66. The van der Waals surface area contributed by atoms with Crippen LogP contribution in [0.4, 0.5) is 10.2 Å². The van der Waals surface area contributed by atoms with Crippen molar-refractivity contribution in [3.05, 3.63) is 48.2 Å². The van der Waals surface area contributed by atoms with E-state index in [2.05, 4.69) is 20.5 Å². The molecule has 2 aliphatic rings. The summed E-state index contributed by atoms with van der Waals surface area (Å²) in [6.07, 6.45) is 9.44. The van der Waals surface area contributed by atoms with Crippen LogP contribution in [0.1, 0.15) is 51.0 Å². The van der Waals surface area contributed by atoms with Gasteiger partial charge in [-0.2, -0.15) is 5.10 Å². The van der Waals surface area contributed by atoms with Crippen molar-refractivity contribution in [1.29, 1.82) is 0 Å². The number of pyridine rings is 1. The average molecular weight is 405 g/mol. The van der Waals surface area contributed by atoms with E-state index in [0.717, 1.165) is 53.4 Å². The molecule has 30 heavy (non-hydrogen) atoms. The minimum absolute atomic E-state index is 0.0323. The van der Waals surface area contributed by atoms with Crippen LogP contribution in [0, 0.1) is 11.7 Å².